The second-order valence-corrected chi connectivity index (χ2v) is 13.2. The number of hydrogen-bond donors (Lipinski definition) is 1. The van der Waals surface area contributed by atoms with Crippen molar-refractivity contribution in [1.82, 2.24) is 9.55 Å². The molecule has 0 radical (unpaired) electrons. The molecule has 0 bridgehead atoms. The zero-order valence-corrected chi connectivity index (χ0v) is 28.0. The Hall–Kier alpha value is -5.51. The van der Waals surface area contributed by atoms with Crippen molar-refractivity contribution in [2.24, 2.45) is 0 Å². The highest BCUT2D eigenvalue weighted by atomic mass is 32.1. The Labute approximate surface area is 285 Å². The normalized spacial score (nSPS) is 13.2. The number of carboxylic acids is 1. The summed E-state index contributed by atoms with van der Waals surface area (Å²) in [5, 5.41) is 18.5. The van der Waals surface area contributed by atoms with E-state index in [1.54, 1.807) is 6.07 Å². The molecule has 0 spiro atoms. The minimum Gasteiger partial charge on any atom is -0.477 e. The number of nitrogens with zero attached hydrogens (tertiary/aromatic N) is 3. The summed E-state index contributed by atoms with van der Waals surface area (Å²) >= 11 is 1.49. The number of aromatic nitrogens is 2. The fourth-order valence-corrected chi connectivity index (χ4v) is 8.28. The quantitative estimate of drug-likeness (QED) is 0.125. The lowest BCUT2D eigenvalue weighted by Gasteiger charge is -2.30. The highest BCUT2D eigenvalue weighted by molar-refractivity contribution is 7.16. The maximum absolute atomic E-state index is 11.4. The lowest BCUT2D eigenvalue weighted by atomic mass is 9.73. The Morgan fingerprint density at radius 3 is 2.00 bits per heavy atom. The summed E-state index contributed by atoms with van der Waals surface area (Å²) < 4.78 is 2.35. The molecule has 0 aliphatic heterocycles. The number of aliphatic carboxylic acids is 1. The fourth-order valence-electron chi connectivity index (χ4n) is 7.34. The standard InChI is InChI=1S/C42H35N3O2S/c1-4-42(5-2)35-24-29(37-22-19-32(48-37)23-31(26-43)41(46)47)17-20-33(35)34-21-18-30(25-36(34)42)40-44-38(27-13-9-7-10-14-27)39(45(40)6-3)28-15-11-8-12-16-28/h7-25H,4-6H2,1-3H3,(H,46,47)/b31-23-. The van der Waals surface area contributed by atoms with Gasteiger partial charge in [-0.25, -0.2) is 9.78 Å². The summed E-state index contributed by atoms with van der Waals surface area (Å²) in [6, 6.07) is 40.2. The summed E-state index contributed by atoms with van der Waals surface area (Å²) in [6.45, 7) is 7.53. The van der Waals surface area contributed by atoms with Gasteiger partial charge in [-0.3, -0.25) is 0 Å². The Balaban J connectivity index is 1.35. The van der Waals surface area contributed by atoms with Crippen LogP contribution in [0, 0.1) is 11.3 Å². The molecular weight excluding hydrogens is 611 g/mol. The third-order valence-corrected chi connectivity index (χ3v) is 10.8. The summed E-state index contributed by atoms with van der Waals surface area (Å²) in [6.07, 6.45) is 3.34. The number of rotatable bonds is 9. The molecule has 48 heavy (non-hydrogen) atoms. The van der Waals surface area contributed by atoms with E-state index in [0.717, 1.165) is 68.6 Å². The van der Waals surface area contributed by atoms with Gasteiger partial charge in [-0.05, 0) is 77.9 Å². The minimum absolute atomic E-state index is 0.165. The van der Waals surface area contributed by atoms with Crippen LogP contribution in [0.25, 0.3) is 61.5 Å². The average Bonchev–Trinajstić information content (AvgIpc) is 3.83. The van der Waals surface area contributed by atoms with Gasteiger partial charge in [0.25, 0.3) is 0 Å². The molecule has 2 aromatic heterocycles. The second-order valence-electron chi connectivity index (χ2n) is 12.1. The molecule has 1 N–H and O–H groups in total. The van der Waals surface area contributed by atoms with E-state index in [-0.39, 0.29) is 11.0 Å². The first-order chi connectivity index (χ1) is 23.4. The SMILES string of the molecule is CCn1c(-c2ccc3c(c2)C(CC)(CC)c2cc(-c4ccc(/C=C(/C#N)C(=O)O)s4)ccc2-3)nc(-c2ccccc2)c1-c1ccccc1. The second kappa shape index (κ2) is 12.6. The predicted molar refractivity (Wildman–Crippen MR) is 196 cm³/mol. The molecule has 0 fully saturated rings. The molecule has 6 heteroatoms. The summed E-state index contributed by atoms with van der Waals surface area (Å²) in [5.41, 5.74) is 11.3. The number of fused-ring (bicyclic) bond motifs is 3. The van der Waals surface area contributed by atoms with Crippen molar-refractivity contribution in [3.8, 4) is 61.5 Å². The first-order valence-electron chi connectivity index (χ1n) is 16.4. The summed E-state index contributed by atoms with van der Waals surface area (Å²) in [4.78, 5) is 18.5. The van der Waals surface area contributed by atoms with E-state index in [0.29, 0.717) is 0 Å². The van der Waals surface area contributed by atoms with Crippen molar-refractivity contribution < 1.29 is 9.90 Å². The molecule has 6 aromatic rings. The molecule has 236 valence electrons. The largest absolute Gasteiger partial charge is 0.477 e. The van der Waals surface area contributed by atoms with Crippen LogP contribution >= 0.6 is 11.3 Å². The molecule has 0 amide bonds. The molecule has 0 atom stereocenters. The van der Waals surface area contributed by atoms with Gasteiger partial charge in [0.05, 0.1) is 11.4 Å². The highest BCUT2D eigenvalue weighted by Gasteiger charge is 2.41. The Kier molecular flexibility index (Phi) is 8.16. The molecule has 1 aliphatic rings. The van der Waals surface area contributed by atoms with Crippen LogP contribution in [0.5, 0.6) is 0 Å². The molecule has 7 rings (SSSR count). The van der Waals surface area contributed by atoms with E-state index in [1.165, 1.54) is 39.7 Å². The number of hydrogen-bond acceptors (Lipinski definition) is 4. The number of thiophene rings is 1. The number of nitriles is 1. The summed E-state index contributed by atoms with van der Waals surface area (Å²) in [5.74, 6) is -0.250. The van der Waals surface area contributed by atoms with E-state index in [2.05, 4.69) is 116 Å². The Morgan fingerprint density at radius 2 is 1.42 bits per heavy atom. The third-order valence-electron chi connectivity index (χ3n) is 9.75. The van der Waals surface area contributed by atoms with Crippen LogP contribution in [0.4, 0.5) is 0 Å². The van der Waals surface area contributed by atoms with E-state index >= 15 is 0 Å². The van der Waals surface area contributed by atoms with Gasteiger partial charge in [0.1, 0.15) is 17.5 Å². The highest BCUT2D eigenvalue weighted by Crippen LogP contribution is 2.54. The molecular formula is C42H35N3O2S. The average molecular weight is 646 g/mol. The molecule has 0 saturated carbocycles. The molecule has 0 saturated heterocycles. The molecule has 4 aromatic carbocycles. The van der Waals surface area contributed by atoms with Crippen molar-refractivity contribution in [3.63, 3.8) is 0 Å². The predicted octanol–water partition coefficient (Wildman–Crippen LogP) is 10.7. The zero-order chi connectivity index (χ0) is 33.4. The molecule has 0 unspecified atom stereocenters. The van der Waals surface area contributed by atoms with E-state index < -0.39 is 5.97 Å². The fraction of sp³-hybridized carbons (Fsp3) is 0.167. The van der Waals surface area contributed by atoms with Crippen LogP contribution < -0.4 is 0 Å². The minimum atomic E-state index is -1.22. The number of imidazole rings is 1. The van der Waals surface area contributed by atoms with Crippen molar-refractivity contribution in [2.75, 3.05) is 0 Å². The van der Waals surface area contributed by atoms with Gasteiger partial charge < -0.3 is 9.67 Å². The third kappa shape index (κ3) is 5.08. The maximum Gasteiger partial charge on any atom is 0.346 e. The Bertz CT molecular complexity index is 2230. The molecule has 1 aliphatic carbocycles. The van der Waals surface area contributed by atoms with Gasteiger partial charge in [0.2, 0.25) is 0 Å². The van der Waals surface area contributed by atoms with Crippen LogP contribution in [0.1, 0.15) is 49.6 Å². The van der Waals surface area contributed by atoms with Gasteiger partial charge in [-0.2, -0.15) is 5.26 Å². The first kappa shape index (κ1) is 31.1. The number of carbonyl (C=O) groups is 1. The van der Waals surface area contributed by atoms with E-state index in [9.17, 15) is 15.2 Å². The van der Waals surface area contributed by atoms with Crippen molar-refractivity contribution >= 4 is 23.4 Å². The molecule has 5 nitrogen and oxygen atoms in total. The van der Waals surface area contributed by atoms with Crippen molar-refractivity contribution in [1.29, 1.82) is 5.26 Å². The van der Waals surface area contributed by atoms with Gasteiger partial charge in [-0.1, -0.05) is 98.8 Å². The van der Waals surface area contributed by atoms with Gasteiger partial charge >= 0.3 is 5.97 Å². The zero-order valence-electron chi connectivity index (χ0n) is 27.2. The van der Waals surface area contributed by atoms with Crippen molar-refractivity contribution in [2.45, 2.75) is 45.6 Å². The lowest BCUT2D eigenvalue weighted by molar-refractivity contribution is -0.132. The van der Waals surface area contributed by atoms with Gasteiger partial charge in [-0.15, -0.1) is 11.3 Å². The topological polar surface area (TPSA) is 78.9 Å². The monoisotopic (exact) mass is 645 g/mol. The smallest absolute Gasteiger partial charge is 0.346 e. The lowest BCUT2D eigenvalue weighted by Crippen LogP contribution is -2.23. The van der Waals surface area contributed by atoms with Crippen molar-refractivity contribution in [3.05, 3.63) is 131 Å². The first-order valence-corrected chi connectivity index (χ1v) is 17.2. The van der Waals surface area contributed by atoms with Crippen LogP contribution in [-0.2, 0) is 16.8 Å². The van der Waals surface area contributed by atoms with Crippen LogP contribution in [0.3, 0.4) is 0 Å². The van der Waals surface area contributed by atoms with Crippen LogP contribution in [0.15, 0.2) is 115 Å². The van der Waals surface area contributed by atoms with Gasteiger partial charge in [0.15, 0.2) is 0 Å². The number of carboxylic acid groups (broad SMARTS) is 1. The summed E-state index contributed by atoms with van der Waals surface area (Å²) in [7, 11) is 0. The maximum atomic E-state index is 11.4. The van der Waals surface area contributed by atoms with Gasteiger partial charge in [0, 0.05) is 38.4 Å². The molecule has 2 heterocycles. The van der Waals surface area contributed by atoms with Crippen LogP contribution in [0.2, 0.25) is 0 Å². The van der Waals surface area contributed by atoms with E-state index in [4.69, 9.17) is 4.98 Å². The van der Waals surface area contributed by atoms with E-state index in [1.807, 2.05) is 18.2 Å². The van der Waals surface area contributed by atoms with Crippen LogP contribution in [-0.4, -0.2) is 20.6 Å². The number of benzene rings is 4. The Morgan fingerprint density at radius 1 is 0.812 bits per heavy atom.